The predicted molar refractivity (Wildman–Crippen MR) is 63.9 cm³/mol. The van der Waals surface area contributed by atoms with E-state index in [9.17, 15) is 0 Å². The molecule has 0 aliphatic carbocycles. The molecule has 0 aromatic heterocycles. The number of allylic oxidation sites excluding steroid dienone is 1. The summed E-state index contributed by atoms with van der Waals surface area (Å²) in [4.78, 5) is 0. The summed E-state index contributed by atoms with van der Waals surface area (Å²) in [5.74, 6) is 0. The summed E-state index contributed by atoms with van der Waals surface area (Å²) in [6.07, 6.45) is 2.04. The fraction of sp³-hybridized carbons (Fsp3) is 0.200. The molecule has 0 radical (unpaired) electrons. The van der Waals surface area contributed by atoms with E-state index < -0.39 is 0 Å². The molecule has 13 heavy (non-hydrogen) atoms. The van der Waals surface area contributed by atoms with Crippen molar-refractivity contribution in [3.63, 3.8) is 0 Å². The summed E-state index contributed by atoms with van der Waals surface area (Å²) in [6, 6.07) is 5.49. The van der Waals surface area contributed by atoms with E-state index in [0.29, 0.717) is 10.0 Å². The molecule has 0 amide bonds. The van der Waals surface area contributed by atoms with Gasteiger partial charge in [0.05, 0.1) is 0 Å². The Hall–Kier alpha value is 0.0200. The minimum absolute atomic E-state index is 0.665. The molecule has 1 aromatic carbocycles. The topological polar surface area (TPSA) is 0 Å². The first-order chi connectivity index (χ1) is 6.13. The van der Waals surface area contributed by atoms with Gasteiger partial charge in [0.15, 0.2) is 0 Å². The van der Waals surface area contributed by atoms with Crippen molar-refractivity contribution in [1.82, 2.24) is 0 Å². The summed E-state index contributed by atoms with van der Waals surface area (Å²) in [6.45, 7) is 2.04. The number of hydrogen-bond donors (Lipinski definition) is 0. The Kier molecular flexibility index (Phi) is 4.30. The second-order valence-corrected chi connectivity index (χ2v) is 4.19. The second kappa shape index (κ2) is 5.04. The van der Waals surface area contributed by atoms with E-state index in [0.717, 1.165) is 10.9 Å². The summed E-state index contributed by atoms with van der Waals surface area (Å²) in [5.41, 5.74) is 2.23. The van der Waals surface area contributed by atoms with Crippen LogP contribution in [0.1, 0.15) is 12.5 Å². The molecule has 0 N–H and O–H groups in total. The average molecular weight is 280 g/mol. The monoisotopic (exact) mass is 278 g/mol. The van der Waals surface area contributed by atoms with Gasteiger partial charge in [0.25, 0.3) is 0 Å². The Bertz CT molecular complexity index is 332. The van der Waals surface area contributed by atoms with Gasteiger partial charge in [0.1, 0.15) is 0 Å². The van der Waals surface area contributed by atoms with Gasteiger partial charge >= 0.3 is 0 Å². The zero-order chi connectivity index (χ0) is 9.84. The van der Waals surface area contributed by atoms with Crippen molar-refractivity contribution in [3.05, 3.63) is 39.4 Å². The van der Waals surface area contributed by atoms with Gasteiger partial charge in [0, 0.05) is 15.4 Å². The molecule has 1 rings (SSSR count). The van der Waals surface area contributed by atoms with Crippen LogP contribution >= 0.6 is 39.1 Å². The van der Waals surface area contributed by atoms with Crippen molar-refractivity contribution in [2.45, 2.75) is 6.92 Å². The van der Waals surface area contributed by atoms with Gasteiger partial charge < -0.3 is 0 Å². The first kappa shape index (κ1) is 11.1. The molecule has 0 heterocycles. The average Bonchev–Trinajstić information content (AvgIpc) is 2.09. The van der Waals surface area contributed by atoms with Gasteiger partial charge in [-0.1, -0.05) is 56.8 Å². The van der Waals surface area contributed by atoms with Crippen LogP contribution in [0, 0.1) is 0 Å². The Balaban J connectivity index is 3.03. The number of benzene rings is 1. The Morgan fingerprint density at radius 3 is 2.69 bits per heavy atom. The van der Waals surface area contributed by atoms with Crippen LogP contribution in [0.2, 0.25) is 10.0 Å². The summed E-state index contributed by atoms with van der Waals surface area (Å²) in [7, 11) is 0. The fourth-order valence-corrected chi connectivity index (χ4v) is 1.55. The number of halogens is 3. The molecule has 3 heteroatoms. The van der Waals surface area contributed by atoms with E-state index in [1.807, 2.05) is 25.1 Å². The lowest BCUT2D eigenvalue weighted by Crippen LogP contribution is -1.79. The van der Waals surface area contributed by atoms with Crippen molar-refractivity contribution in [1.29, 1.82) is 0 Å². The van der Waals surface area contributed by atoms with Crippen LogP contribution in [0.3, 0.4) is 0 Å². The molecule has 0 atom stereocenters. The lowest BCUT2D eigenvalue weighted by molar-refractivity contribution is 1.45. The van der Waals surface area contributed by atoms with Crippen LogP contribution in [-0.2, 0) is 0 Å². The van der Waals surface area contributed by atoms with Gasteiger partial charge in [-0.25, -0.2) is 0 Å². The van der Waals surface area contributed by atoms with Crippen LogP contribution in [0.4, 0.5) is 0 Å². The molecule has 0 saturated heterocycles. The molecule has 0 nitrogen and oxygen atoms in total. The summed E-state index contributed by atoms with van der Waals surface area (Å²) in [5, 5.41) is 2.21. The summed E-state index contributed by atoms with van der Waals surface area (Å²) < 4.78 is 0. The maximum Gasteiger partial charge on any atom is 0.0493 e. The largest absolute Gasteiger partial charge is 0.0880 e. The predicted octanol–water partition coefficient (Wildman–Crippen LogP) is 4.79. The summed E-state index contributed by atoms with van der Waals surface area (Å²) >= 11 is 15.1. The first-order valence-corrected chi connectivity index (χ1v) is 5.69. The van der Waals surface area contributed by atoms with Crippen molar-refractivity contribution < 1.29 is 0 Å². The van der Waals surface area contributed by atoms with Crippen LogP contribution in [-0.4, -0.2) is 5.33 Å². The van der Waals surface area contributed by atoms with Gasteiger partial charge in [-0.2, -0.15) is 0 Å². The van der Waals surface area contributed by atoms with Crippen molar-refractivity contribution in [3.8, 4) is 0 Å². The SMILES string of the molecule is CC(=Cc1ccc(Cl)cc1Cl)CBr. The quantitative estimate of drug-likeness (QED) is 0.683. The van der Waals surface area contributed by atoms with Gasteiger partial charge in [-0.05, 0) is 24.6 Å². The number of rotatable bonds is 2. The van der Waals surface area contributed by atoms with Gasteiger partial charge in [-0.15, -0.1) is 0 Å². The minimum atomic E-state index is 0.665. The van der Waals surface area contributed by atoms with E-state index in [1.165, 1.54) is 5.57 Å². The minimum Gasteiger partial charge on any atom is -0.0880 e. The molecule has 70 valence electrons. The molecule has 0 aliphatic rings. The lowest BCUT2D eigenvalue weighted by atomic mass is 10.1. The van der Waals surface area contributed by atoms with Crippen LogP contribution in [0.25, 0.3) is 6.08 Å². The molecule has 0 bridgehead atoms. The third-order valence-electron chi connectivity index (χ3n) is 1.58. The Labute approximate surface area is 96.7 Å². The highest BCUT2D eigenvalue weighted by Crippen LogP contribution is 2.23. The molecule has 1 aromatic rings. The molecule has 0 unspecified atom stereocenters. The van der Waals surface area contributed by atoms with E-state index in [1.54, 1.807) is 6.07 Å². The van der Waals surface area contributed by atoms with E-state index in [-0.39, 0.29) is 0 Å². The molecular formula is C10H9BrCl2. The molecule has 0 spiro atoms. The zero-order valence-electron chi connectivity index (χ0n) is 7.15. The van der Waals surface area contributed by atoms with Gasteiger partial charge in [-0.3, -0.25) is 0 Å². The number of alkyl halides is 1. The first-order valence-electron chi connectivity index (χ1n) is 3.81. The third-order valence-corrected chi connectivity index (χ3v) is 3.02. The van der Waals surface area contributed by atoms with Crippen LogP contribution < -0.4 is 0 Å². The van der Waals surface area contributed by atoms with Crippen molar-refractivity contribution >= 4 is 45.2 Å². The molecular weight excluding hydrogens is 271 g/mol. The third kappa shape index (κ3) is 3.34. The maximum absolute atomic E-state index is 5.99. The lowest BCUT2D eigenvalue weighted by Gasteiger charge is -2.00. The van der Waals surface area contributed by atoms with Crippen molar-refractivity contribution in [2.24, 2.45) is 0 Å². The molecule has 0 saturated carbocycles. The standard InChI is InChI=1S/C10H9BrCl2/c1-7(6-11)4-8-2-3-9(12)5-10(8)13/h2-5H,6H2,1H3. The fourth-order valence-electron chi connectivity index (χ4n) is 0.923. The normalized spacial score (nSPS) is 11.8. The Morgan fingerprint density at radius 2 is 2.15 bits per heavy atom. The van der Waals surface area contributed by atoms with Crippen molar-refractivity contribution in [2.75, 3.05) is 5.33 Å². The maximum atomic E-state index is 5.99. The molecule has 0 fully saturated rings. The van der Waals surface area contributed by atoms with Crippen LogP contribution in [0.5, 0.6) is 0 Å². The highest BCUT2D eigenvalue weighted by Gasteiger charge is 1.98. The highest BCUT2D eigenvalue weighted by atomic mass is 79.9. The molecule has 0 aliphatic heterocycles. The van der Waals surface area contributed by atoms with E-state index in [2.05, 4.69) is 15.9 Å². The number of hydrogen-bond acceptors (Lipinski definition) is 0. The van der Waals surface area contributed by atoms with Crippen LogP contribution in [0.15, 0.2) is 23.8 Å². The van der Waals surface area contributed by atoms with Gasteiger partial charge in [0.2, 0.25) is 0 Å². The second-order valence-electron chi connectivity index (χ2n) is 2.79. The van der Waals surface area contributed by atoms with E-state index >= 15 is 0 Å². The highest BCUT2D eigenvalue weighted by molar-refractivity contribution is 9.09. The smallest absolute Gasteiger partial charge is 0.0493 e. The Morgan fingerprint density at radius 1 is 1.46 bits per heavy atom. The van der Waals surface area contributed by atoms with E-state index in [4.69, 9.17) is 23.2 Å². The zero-order valence-corrected chi connectivity index (χ0v) is 10.2.